The summed E-state index contributed by atoms with van der Waals surface area (Å²) in [6, 6.07) is 33.0. The molecule has 0 radical (unpaired) electrons. The molecule has 5 aliphatic rings. The van der Waals surface area contributed by atoms with Crippen molar-refractivity contribution < 1.29 is 59.1 Å². The highest BCUT2D eigenvalue weighted by Gasteiger charge is 2.42. The maximum atomic E-state index is 13.8. The number of hydrogen-bond acceptors (Lipinski definition) is 20. The zero-order valence-corrected chi connectivity index (χ0v) is 59.1. The topological polar surface area (TPSA) is 303 Å². The zero-order valence-electron chi connectivity index (χ0n) is 59.1. The van der Waals surface area contributed by atoms with Crippen LogP contribution in [0.1, 0.15) is 221 Å². The number of non-ortho nitro benzene ring substituents is 4. The Morgan fingerprint density at radius 3 is 0.683 bits per heavy atom. The molecule has 4 atom stereocenters. The van der Waals surface area contributed by atoms with E-state index in [2.05, 4.69) is 27.7 Å². The van der Waals surface area contributed by atoms with Crippen molar-refractivity contribution in [2.24, 2.45) is 0 Å². The normalized spacial score (nSPS) is 17.3. The lowest BCUT2D eigenvalue weighted by molar-refractivity contribution is -0.385. The van der Waals surface area contributed by atoms with Crippen molar-refractivity contribution in [3.8, 4) is 46.0 Å². The number of hydrogen-bond donors (Lipinski definition) is 4. The quantitative estimate of drug-likeness (QED) is 0.0248. The van der Waals surface area contributed by atoms with Crippen LogP contribution in [0.4, 0.5) is 45.5 Å². The predicted molar refractivity (Wildman–Crippen MR) is 395 cm³/mol. The van der Waals surface area contributed by atoms with E-state index < -0.39 is 43.4 Å². The van der Waals surface area contributed by atoms with Crippen LogP contribution < -0.4 is 38.5 Å². The van der Waals surface area contributed by atoms with E-state index >= 15 is 0 Å². The maximum Gasteiger partial charge on any atom is 0.269 e. The summed E-state index contributed by atoms with van der Waals surface area (Å²) in [5.41, 5.74) is 8.80. The predicted octanol–water partition coefficient (Wildman–Crippen LogP) is 18.7. The SMILES string of the molecule is CCCCC[C@H]1c2cc(c3c(c2O)CN(c2ccc([N+](=O)[O-])cc2)CO3)[C@@H](CCCCC)c2cc(c3c(c2O)CN(c2ccc([N+](=O)[O-])cc2)CO3)[C@@H](CCCCC)c2cc(c3c(c2O)CN(c2ccc([N+](=O)[O-])cc2)CO3)[C@@H](CCCCC)c2cc1c1c(c2O)CN(c2ccc([N+](=O)[O-])cc2)CO1. The van der Waals surface area contributed by atoms with Crippen molar-refractivity contribution in [3.05, 3.63) is 229 Å². The molecule has 4 N–H and O–H groups in total. The van der Waals surface area contributed by atoms with Gasteiger partial charge in [0.15, 0.2) is 26.9 Å². The van der Waals surface area contributed by atoms with Crippen LogP contribution in [0.5, 0.6) is 46.0 Å². The second kappa shape index (κ2) is 30.9. The summed E-state index contributed by atoms with van der Waals surface area (Å²) in [4.78, 5) is 53.9. The Morgan fingerprint density at radius 2 is 0.510 bits per heavy atom. The fraction of sp³-hybridized carbons (Fsp3) is 0.400. The summed E-state index contributed by atoms with van der Waals surface area (Å²) in [6.07, 6.45) is 11.3. The molecule has 0 aromatic heterocycles. The molecule has 4 aliphatic heterocycles. The minimum Gasteiger partial charge on any atom is -0.507 e. The monoisotopic (exact) mass is 1420 g/mol. The molecule has 8 aromatic rings. The van der Waals surface area contributed by atoms with Crippen molar-refractivity contribution in [2.45, 2.75) is 180 Å². The fourth-order valence-corrected chi connectivity index (χ4v) is 16.0. The van der Waals surface area contributed by atoms with E-state index in [4.69, 9.17) is 18.9 Å². The molecule has 104 heavy (non-hydrogen) atoms. The van der Waals surface area contributed by atoms with E-state index in [0.29, 0.717) is 164 Å². The van der Waals surface area contributed by atoms with Crippen molar-refractivity contribution >= 4 is 45.5 Å². The zero-order chi connectivity index (χ0) is 73.0. The van der Waals surface area contributed by atoms with Gasteiger partial charge in [0.05, 0.1) is 68.1 Å². The van der Waals surface area contributed by atoms with Gasteiger partial charge >= 0.3 is 0 Å². The summed E-state index contributed by atoms with van der Waals surface area (Å²) < 4.78 is 28.3. The third-order valence-electron chi connectivity index (χ3n) is 21.6. The van der Waals surface area contributed by atoms with Gasteiger partial charge in [-0.25, -0.2) is 0 Å². The Hall–Kier alpha value is -11.0. The van der Waals surface area contributed by atoms with Crippen LogP contribution >= 0.6 is 0 Å². The Bertz CT molecular complexity index is 3960. The van der Waals surface area contributed by atoms with Gasteiger partial charge < -0.3 is 59.0 Å². The minimum atomic E-state index is -0.671. The van der Waals surface area contributed by atoms with Crippen molar-refractivity contribution in [1.82, 2.24) is 0 Å². The number of nitrogens with zero attached hydrogens (tertiary/aromatic N) is 8. The molecule has 544 valence electrons. The summed E-state index contributed by atoms with van der Waals surface area (Å²) in [5.74, 6) is -1.21. The van der Waals surface area contributed by atoms with E-state index in [0.717, 1.165) is 51.4 Å². The van der Waals surface area contributed by atoms with Crippen LogP contribution in [-0.2, 0) is 26.2 Å². The first kappa shape index (κ1) is 71.4. The largest absolute Gasteiger partial charge is 0.507 e. The highest BCUT2D eigenvalue weighted by Crippen LogP contribution is 2.59. The van der Waals surface area contributed by atoms with Gasteiger partial charge in [0.2, 0.25) is 0 Å². The molecule has 4 heterocycles. The van der Waals surface area contributed by atoms with Crippen molar-refractivity contribution in [2.75, 3.05) is 46.5 Å². The molecule has 0 unspecified atom stereocenters. The number of nitro groups is 4. The van der Waals surface area contributed by atoms with Gasteiger partial charge in [-0.15, -0.1) is 0 Å². The number of rotatable bonds is 24. The number of phenols is 4. The molecular weight excluding hydrogens is 1330 g/mol. The maximum absolute atomic E-state index is 13.8. The Balaban J connectivity index is 1.15. The third kappa shape index (κ3) is 14.0. The van der Waals surface area contributed by atoms with Gasteiger partial charge in [-0.2, -0.15) is 0 Å². The number of nitro benzene ring substituents is 4. The smallest absolute Gasteiger partial charge is 0.269 e. The van der Waals surface area contributed by atoms with Gasteiger partial charge in [0, 0.05) is 139 Å². The highest BCUT2D eigenvalue weighted by atomic mass is 16.6. The molecule has 0 saturated carbocycles. The Morgan fingerprint density at radius 1 is 0.317 bits per heavy atom. The molecule has 0 saturated heterocycles. The van der Waals surface area contributed by atoms with E-state index in [1.165, 1.54) is 48.5 Å². The van der Waals surface area contributed by atoms with Crippen LogP contribution in [0, 0.1) is 40.5 Å². The molecule has 0 spiro atoms. The summed E-state index contributed by atoms with van der Waals surface area (Å²) >= 11 is 0. The van der Waals surface area contributed by atoms with Gasteiger partial charge in [0.25, 0.3) is 22.7 Å². The highest BCUT2D eigenvalue weighted by molar-refractivity contribution is 5.72. The fourth-order valence-electron chi connectivity index (χ4n) is 16.0. The van der Waals surface area contributed by atoms with Gasteiger partial charge in [-0.05, 0) is 98.5 Å². The molecule has 1 aliphatic carbocycles. The van der Waals surface area contributed by atoms with Gasteiger partial charge in [-0.3, -0.25) is 40.5 Å². The first-order chi connectivity index (χ1) is 50.4. The number of ether oxygens (including phenoxy) is 4. The van der Waals surface area contributed by atoms with Crippen LogP contribution in [0.25, 0.3) is 0 Å². The molecule has 0 fully saturated rings. The molecule has 24 heteroatoms. The lowest BCUT2D eigenvalue weighted by Gasteiger charge is -2.39. The van der Waals surface area contributed by atoms with Crippen LogP contribution in [0.3, 0.4) is 0 Å². The Labute approximate surface area is 603 Å². The van der Waals surface area contributed by atoms with E-state index in [1.54, 1.807) is 48.5 Å². The van der Waals surface area contributed by atoms with Gasteiger partial charge in [0.1, 0.15) is 46.0 Å². The van der Waals surface area contributed by atoms with Crippen LogP contribution in [0.2, 0.25) is 0 Å². The molecule has 8 aromatic carbocycles. The standard InChI is InChI=1S/C80H88N8O16/c1-5-9-13-17-57-61-37-66(78-69(73(61)89)41-81(46-102-78)49-21-29-53(30-22-49)85(93)94)59(19-15-11-7-3)63-39-68(80-71(75(63)91)43-83(48-104-80)51-25-33-55(34-26-51)87(97)98)60(20-16-12-8-4)64-40-67(79-72(76(64)92)44-84(47-103-79)52-27-35-56(36-28-52)88(99)100)58(18-14-10-6-2)62-38-65(57)77-70(74(62)90)42-82(45-101-77)50-23-31-54(32-24-50)86(95)96/h21-40,57-60,89-92H,5-20,41-48H2,1-4H3/t57-,58-,59-,60-/m0/s1. The first-order valence-corrected chi connectivity index (χ1v) is 36.4. The number of fused-ring (bicyclic) bond motifs is 16. The number of anilines is 4. The number of benzene rings is 8. The molecule has 0 amide bonds. The van der Waals surface area contributed by atoms with Crippen molar-refractivity contribution in [1.29, 1.82) is 0 Å². The summed E-state index contributed by atoms with van der Waals surface area (Å²) in [7, 11) is 0. The summed E-state index contributed by atoms with van der Waals surface area (Å²) in [5, 5.41) is 103. The Kier molecular flexibility index (Phi) is 21.2. The van der Waals surface area contributed by atoms with E-state index in [1.807, 2.05) is 43.9 Å². The van der Waals surface area contributed by atoms with Crippen LogP contribution in [-0.4, -0.2) is 67.0 Å². The number of phenolic OH excluding ortho intramolecular Hbond substituents is 4. The van der Waals surface area contributed by atoms with Crippen LogP contribution in [0.15, 0.2) is 121 Å². The summed E-state index contributed by atoms with van der Waals surface area (Å²) in [6.45, 7) is 8.82. The second-order valence-corrected chi connectivity index (χ2v) is 28.0. The number of aromatic hydroxyl groups is 4. The van der Waals surface area contributed by atoms with E-state index in [-0.39, 0.29) is 98.8 Å². The average Bonchev–Trinajstić information content (AvgIpc) is 0.725. The first-order valence-electron chi connectivity index (χ1n) is 36.4. The molecular formula is C80H88N8O16. The lowest BCUT2D eigenvalue weighted by atomic mass is 9.74. The van der Waals surface area contributed by atoms with Crippen molar-refractivity contribution in [3.63, 3.8) is 0 Å². The van der Waals surface area contributed by atoms with E-state index in [9.17, 15) is 60.9 Å². The number of unbranched alkanes of at least 4 members (excludes halogenated alkanes) is 8. The molecule has 8 bridgehead atoms. The average molecular weight is 1420 g/mol. The lowest BCUT2D eigenvalue weighted by Crippen LogP contribution is -2.34. The molecule has 13 rings (SSSR count). The van der Waals surface area contributed by atoms with Gasteiger partial charge in [-0.1, -0.05) is 105 Å². The third-order valence-corrected chi connectivity index (χ3v) is 21.6. The minimum absolute atomic E-state index is 0.0181. The second-order valence-electron chi connectivity index (χ2n) is 28.0. The molecule has 24 nitrogen and oxygen atoms in total.